The van der Waals surface area contributed by atoms with Gasteiger partial charge >= 0.3 is 0 Å². The number of aromatic nitrogens is 1. The molecule has 3 aromatic rings. The molecule has 0 saturated carbocycles. The highest BCUT2D eigenvalue weighted by Crippen LogP contribution is 2.23. The van der Waals surface area contributed by atoms with Gasteiger partial charge in [-0.3, -0.25) is 4.99 Å². The number of hydrogen-bond acceptors (Lipinski definition) is 5. The van der Waals surface area contributed by atoms with E-state index in [1.165, 1.54) is 5.56 Å². The highest BCUT2D eigenvalue weighted by molar-refractivity contribution is 14.0. The number of thiophene rings is 1. The molecule has 8 heteroatoms. The Kier molecular flexibility index (Phi) is 8.59. The first kappa shape index (κ1) is 21.2. The molecule has 0 atom stereocenters. The minimum Gasteiger partial charge on any atom is -0.492 e. The predicted molar refractivity (Wildman–Crippen MR) is 120 cm³/mol. The number of nitrogens with one attached hydrogen (secondary N) is 2. The molecule has 0 spiro atoms. The summed E-state index contributed by atoms with van der Waals surface area (Å²) in [7, 11) is 1.73. The van der Waals surface area contributed by atoms with Crippen molar-refractivity contribution in [3.63, 3.8) is 0 Å². The van der Waals surface area contributed by atoms with Crippen LogP contribution in [0.5, 0.6) is 5.75 Å². The standard InChI is InChI=1S/C19H22N4O2S.HI/c1-14-5-7-16(8-6-14)24-10-9-21-19(20-2)22-12-15-13-25-18(23-15)17-4-3-11-26-17;/h3-8,11,13H,9-10,12H2,1-2H3,(H2,20,21,22);1H. The molecule has 0 fully saturated rings. The van der Waals surface area contributed by atoms with Crippen molar-refractivity contribution in [3.8, 4) is 16.5 Å². The molecule has 0 aliphatic heterocycles. The summed E-state index contributed by atoms with van der Waals surface area (Å²) >= 11 is 1.60. The van der Waals surface area contributed by atoms with E-state index in [4.69, 9.17) is 9.15 Å². The number of benzene rings is 1. The van der Waals surface area contributed by atoms with Crippen LogP contribution in [0.3, 0.4) is 0 Å². The van der Waals surface area contributed by atoms with E-state index in [1.54, 1.807) is 24.6 Å². The van der Waals surface area contributed by atoms with Gasteiger partial charge in [0.1, 0.15) is 18.6 Å². The van der Waals surface area contributed by atoms with Gasteiger partial charge in [0.15, 0.2) is 5.96 Å². The van der Waals surface area contributed by atoms with Crippen molar-refractivity contribution in [2.24, 2.45) is 4.99 Å². The van der Waals surface area contributed by atoms with Crippen molar-refractivity contribution in [2.75, 3.05) is 20.2 Å². The molecule has 0 radical (unpaired) electrons. The van der Waals surface area contributed by atoms with Gasteiger partial charge < -0.3 is 19.8 Å². The highest BCUT2D eigenvalue weighted by atomic mass is 127. The van der Waals surface area contributed by atoms with Gasteiger partial charge in [-0.15, -0.1) is 35.3 Å². The lowest BCUT2D eigenvalue weighted by molar-refractivity contribution is 0.322. The number of nitrogens with zero attached hydrogens (tertiary/aromatic N) is 2. The summed E-state index contributed by atoms with van der Waals surface area (Å²) in [4.78, 5) is 9.69. The third-order valence-corrected chi connectivity index (χ3v) is 4.49. The van der Waals surface area contributed by atoms with Crippen LogP contribution in [0.25, 0.3) is 10.8 Å². The molecular formula is C19H23IN4O2S. The number of ether oxygens (including phenoxy) is 1. The van der Waals surface area contributed by atoms with Crippen LogP contribution in [0.2, 0.25) is 0 Å². The lowest BCUT2D eigenvalue weighted by Gasteiger charge is -2.11. The van der Waals surface area contributed by atoms with Crippen molar-refractivity contribution in [1.82, 2.24) is 15.6 Å². The maximum absolute atomic E-state index is 5.69. The van der Waals surface area contributed by atoms with E-state index in [9.17, 15) is 0 Å². The summed E-state index contributed by atoms with van der Waals surface area (Å²) in [6.07, 6.45) is 1.66. The van der Waals surface area contributed by atoms with Crippen molar-refractivity contribution >= 4 is 41.3 Å². The molecule has 2 aromatic heterocycles. The molecule has 0 unspecified atom stereocenters. The van der Waals surface area contributed by atoms with Crippen molar-refractivity contribution < 1.29 is 9.15 Å². The lowest BCUT2D eigenvalue weighted by atomic mass is 10.2. The summed E-state index contributed by atoms with van der Waals surface area (Å²) < 4.78 is 11.2. The number of rotatable bonds is 7. The van der Waals surface area contributed by atoms with Gasteiger partial charge in [0.25, 0.3) is 0 Å². The van der Waals surface area contributed by atoms with Gasteiger partial charge in [-0.2, -0.15) is 0 Å². The zero-order valence-corrected chi connectivity index (χ0v) is 18.4. The number of aliphatic imine (C=N–C) groups is 1. The fourth-order valence-electron chi connectivity index (χ4n) is 2.27. The zero-order valence-electron chi connectivity index (χ0n) is 15.3. The minimum absolute atomic E-state index is 0. The molecule has 27 heavy (non-hydrogen) atoms. The van der Waals surface area contributed by atoms with E-state index in [0.29, 0.717) is 31.5 Å². The average molecular weight is 498 g/mol. The molecule has 0 amide bonds. The molecular weight excluding hydrogens is 475 g/mol. The van der Waals surface area contributed by atoms with Crippen molar-refractivity contribution in [2.45, 2.75) is 13.5 Å². The molecule has 0 aliphatic rings. The fraction of sp³-hybridized carbons (Fsp3) is 0.263. The Bertz CT molecular complexity index is 832. The second-order valence-electron chi connectivity index (χ2n) is 5.64. The van der Waals surface area contributed by atoms with Crippen LogP contribution < -0.4 is 15.4 Å². The van der Waals surface area contributed by atoms with Gasteiger partial charge in [-0.05, 0) is 30.5 Å². The van der Waals surface area contributed by atoms with Gasteiger partial charge in [-0.1, -0.05) is 23.8 Å². The molecule has 2 heterocycles. The van der Waals surface area contributed by atoms with Crippen LogP contribution in [-0.2, 0) is 6.54 Å². The predicted octanol–water partition coefficient (Wildman–Crippen LogP) is 4.07. The smallest absolute Gasteiger partial charge is 0.236 e. The largest absolute Gasteiger partial charge is 0.492 e. The highest BCUT2D eigenvalue weighted by Gasteiger charge is 2.08. The molecule has 2 N–H and O–H groups in total. The van der Waals surface area contributed by atoms with E-state index in [2.05, 4.69) is 27.5 Å². The lowest BCUT2D eigenvalue weighted by Crippen LogP contribution is -2.38. The van der Waals surface area contributed by atoms with E-state index < -0.39 is 0 Å². The number of halogens is 1. The monoisotopic (exact) mass is 498 g/mol. The van der Waals surface area contributed by atoms with Gasteiger partial charge in [0.05, 0.1) is 23.7 Å². The molecule has 1 aromatic carbocycles. The van der Waals surface area contributed by atoms with Crippen LogP contribution in [0.1, 0.15) is 11.3 Å². The zero-order chi connectivity index (χ0) is 18.2. The van der Waals surface area contributed by atoms with E-state index >= 15 is 0 Å². The van der Waals surface area contributed by atoms with E-state index in [-0.39, 0.29) is 24.0 Å². The molecule has 0 saturated heterocycles. The molecule has 144 valence electrons. The summed E-state index contributed by atoms with van der Waals surface area (Å²) in [6.45, 7) is 3.79. The second-order valence-corrected chi connectivity index (χ2v) is 6.58. The first-order valence-electron chi connectivity index (χ1n) is 8.37. The molecule has 0 bridgehead atoms. The quantitative estimate of drug-likeness (QED) is 0.223. The third kappa shape index (κ3) is 6.55. The third-order valence-electron chi connectivity index (χ3n) is 3.63. The summed E-state index contributed by atoms with van der Waals surface area (Å²) in [5.41, 5.74) is 2.04. The molecule has 0 aliphatic carbocycles. The SMILES string of the molecule is CN=C(NCCOc1ccc(C)cc1)NCc1coc(-c2cccs2)n1.I. The number of aryl methyl sites for hydroxylation is 1. The number of oxazole rings is 1. The Morgan fingerprint density at radius 1 is 1.22 bits per heavy atom. The van der Waals surface area contributed by atoms with Crippen LogP contribution in [0.4, 0.5) is 0 Å². The van der Waals surface area contributed by atoms with E-state index in [0.717, 1.165) is 16.3 Å². The summed E-state index contributed by atoms with van der Waals surface area (Å²) in [6, 6.07) is 12.0. The first-order valence-corrected chi connectivity index (χ1v) is 9.25. The molecule has 6 nitrogen and oxygen atoms in total. The topological polar surface area (TPSA) is 71.7 Å². The Balaban J connectivity index is 0.00000261. The number of hydrogen-bond donors (Lipinski definition) is 2. The average Bonchev–Trinajstić information content (AvgIpc) is 3.34. The normalized spacial score (nSPS) is 11.0. The van der Waals surface area contributed by atoms with Gasteiger partial charge in [0.2, 0.25) is 5.89 Å². The first-order chi connectivity index (χ1) is 12.7. The fourth-order valence-corrected chi connectivity index (χ4v) is 2.92. The van der Waals surface area contributed by atoms with Crippen LogP contribution >= 0.6 is 35.3 Å². The second kappa shape index (κ2) is 10.9. The molecule has 3 rings (SSSR count). The van der Waals surface area contributed by atoms with Gasteiger partial charge in [-0.25, -0.2) is 4.98 Å². The van der Waals surface area contributed by atoms with Crippen LogP contribution in [0.15, 0.2) is 57.5 Å². The van der Waals surface area contributed by atoms with Crippen LogP contribution in [0, 0.1) is 6.92 Å². The Morgan fingerprint density at radius 3 is 2.74 bits per heavy atom. The van der Waals surface area contributed by atoms with Gasteiger partial charge in [0, 0.05) is 7.05 Å². The van der Waals surface area contributed by atoms with E-state index in [1.807, 2.05) is 41.8 Å². The van der Waals surface area contributed by atoms with Crippen molar-refractivity contribution in [3.05, 3.63) is 59.3 Å². The Morgan fingerprint density at radius 2 is 2.04 bits per heavy atom. The van der Waals surface area contributed by atoms with Crippen LogP contribution in [-0.4, -0.2) is 31.1 Å². The van der Waals surface area contributed by atoms with Crippen molar-refractivity contribution in [1.29, 1.82) is 0 Å². The maximum atomic E-state index is 5.69. The summed E-state index contributed by atoms with van der Waals surface area (Å²) in [5.74, 6) is 2.20. The minimum atomic E-state index is 0. The Labute approximate surface area is 180 Å². The Hall–Kier alpha value is -2.07. The number of guanidine groups is 1. The summed E-state index contributed by atoms with van der Waals surface area (Å²) in [5, 5.41) is 8.43. The maximum Gasteiger partial charge on any atom is 0.236 e.